The molecule has 7 nitrogen and oxygen atoms in total. The van der Waals surface area contributed by atoms with E-state index in [4.69, 9.17) is 0 Å². The summed E-state index contributed by atoms with van der Waals surface area (Å²) in [5, 5.41) is 7.07. The van der Waals surface area contributed by atoms with Gasteiger partial charge in [0.05, 0.1) is 16.8 Å². The highest BCUT2D eigenvalue weighted by atomic mass is 32.2. The van der Waals surface area contributed by atoms with Crippen LogP contribution in [-0.2, 0) is 21.2 Å². The summed E-state index contributed by atoms with van der Waals surface area (Å²) < 4.78 is 27.3. The first-order chi connectivity index (χ1) is 13.4. The standard InChI is InChI=1S/C20H22N4O3S/c1-23(2)28(26,27)19-10-6-7-17(13-19)22-20(25)12-11-16-14-21-24(15-16)18-8-4-3-5-9-18/h3-10,13-15H,11-12H2,1-2H3,(H,22,25). The number of anilines is 1. The third-order valence-corrected chi connectivity index (χ3v) is 6.00. The van der Waals surface area contributed by atoms with Crippen molar-refractivity contribution in [2.75, 3.05) is 19.4 Å². The van der Waals surface area contributed by atoms with Crippen LogP contribution in [0.15, 0.2) is 71.9 Å². The number of para-hydroxylation sites is 1. The van der Waals surface area contributed by atoms with E-state index in [9.17, 15) is 13.2 Å². The number of nitrogens with zero attached hydrogens (tertiary/aromatic N) is 3. The number of aromatic nitrogens is 2. The molecule has 28 heavy (non-hydrogen) atoms. The minimum atomic E-state index is -3.54. The smallest absolute Gasteiger partial charge is 0.242 e. The number of carbonyl (C=O) groups excluding carboxylic acids is 1. The Bertz CT molecular complexity index is 1060. The van der Waals surface area contributed by atoms with Gasteiger partial charge in [-0.05, 0) is 42.3 Å². The lowest BCUT2D eigenvalue weighted by Gasteiger charge is -2.12. The van der Waals surface area contributed by atoms with Crippen LogP contribution in [0.4, 0.5) is 5.69 Å². The number of nitrogens with one attached hydrogen (secondary N) is 1. The third-order valence-electron chi connectivity index (χ3n) is 4.19. The van der Waals surface area contributed by atoms with Gasteiger partial charge < -0.3 is 5.32 Å². The SMILES string of the molecule is CN(C)S(=O)(=O)c1cccc(NC(=O)CCc2cnn(-c3ccccc3)c2)c1. The average Bonchev–Trinajstić information content (AvgIpc) is 3.16. The number of rotatable bonds is 7. The summed E-state index contributed by atoms with van der Waals surface area (Å²) in [5.41, 5.74) is 2.35. The summed E-state index contributed by atoms with van der Waals surface area (Å²) in [5.74, 6) is -0.188. The zero-order valence-corrected chi connectivity index (χ0v) is 16.6. The molecule has 0 saturated heterocycles. The van der Waals surface area contributed by atoms with E-state index >= 15 is 0 Å². The second-order valence-corrected chi connectivity index (χ2v) is 8.64. The molecule has 0 aliphatic rings. The highest BCUT2D eigenvalue weighted by molar-refractivity contribution is 7.89. The van der Waals surface area contributed by atoms with E-state index in [1.807, 2.05) is 36.5 Å². The van der Waals surface area contributed by atoms with E-state index in [1.165, 1.54) is 26.2 Å². The van der Waals surface area contributed by atoms with E-state index < -0.39 is 10.0 Å². The predicted octanol–water partition coefficient (Wildman–Crippen LogP) is 2.69. The van der Waals surface area contributed by atoms with Crippen molar-refractivity contribution in [3.63, 3.8) is 0 Å². The quantitative estimate of drug-likeness (QED) is 0.663. The molecular formula is C20H22N4O3S. The van der Waals surface area contributed by atoms with Crippen molar-refractivity contribution in [1.29, 1.82) is 0 Å². The highest BCUT2D eigenvalue weighted by Crippen LogP contribution is 2.18. The van der Waals surface area contributed by atoms with Gasteiger partial charge in [-0.1, -0.05) is 24.3 Å². The maximum atomic E-state index is 12.3. The highest BCUT2D eigenvalue weighted by Gasteiger charge is 2.17. The number of carbonyl (C=O) groups is 1. The van der Waals surface area contributed by atoms with Gasteiger partial charge in [0.1, 0.15) is 0 Å². The fraction of sp³-hybridized carbons (Fsp3) is 0.200. The largest absolute Gasteiger partial charge is 0.326 e. The summed E-state index contributed by atoms with van der Waals surface area (Å²) >= 11 is 0. The summed E-state index contributed by atoms with van der Waals surface area (Å²) in [6.45, 7) is 0. The average molecular weight is 398 g/mol. The number of sulfonamides is 1. The van der Waals surface area contributed by atoms with E-state index in [1.54, 1.807) is 23.0 Å². The Morgan fingerprint density at radius 3 is 2.57 bits per heavy atom. The van der Waals surface area contributed by atoms with Gasteiger partial charge in [0, 0.05) is 32.4 Å². The molecule has 0 saturated carbocycles. The second kappa shape index (κ2) is 8.37. The van der Waals surface area contributed by atoms with Crippen LogP contribution < -0.4 is 5.32 Å². The minimum Gasteiger partial charge on any atom is -0.326 e. The van der Waals surface area contributed by atoms with Crippen molar-refractivity contribution in [1.82, 2.24) is 14.1 Å². The molecule has 0 radical (unpaired) electrons. The minimum absolute atomic E-state index is 0.138. The molecule has 0 fully saturated rings. The van der Waals surface area contributed by atoms with Crippen molar-refractivity contribution in [3.8, 4) is 5.69 Å². The van der Waals surface area contributed by atoms with Gasteiger partial charge in [-0.2, -0.15) is 5.10 Å². The molecular weight excluding hydrogens is 376 g/mol. The fourth-order valence-corrected chi connectivity index (χ4v) is 3.59. The zero-order valence-electron chi connectivity index (χ0n) is 15.7. The topological polar surface area (TPSA) is 84.3 Å². The third kappa shape index (κ3) is 4.65. The first-order valence-electron chi connectivity index (χ1n) is 8.78. The van der Waals surface area contributed by atoms with E-state index in [2.05, 4.69) is 10.4 Å². The van der Waals surface area contributed by atoms with Gasteiger partial charge in [0.25, 0.3) is 0 Å². The van der Waals surface area contributed by atoms with Crippen LogP contribution in [0.25, 0.3) is 5.69 Å². The predicted molar refractivity (Wildman–Crippen MR) is 108 cm³/mol. The van der Waals surface area contributed by atoms with Gasteiger partial charge >= 0.3 is 0 Å². The summed E-state index contributed by atoms with van der Waals surface area (Å²) in [4.78, 5) is 12.4. The summed E-state index contributed by atoms with van der Waals surface area (Å²) in [6, 6.07) is 16.0. The van der Waals surface area contributed by atoms with E-state index in [-0.39, 0.29) is 17.2 Å². The molecule has 0 aliphatic carbocycles. The van der Waals surface area contributed by atoms with Crippen LogP contribution in [0.5, 0.6) is 0 Å². The summed E-state index contributed by atoms with van der Waals surface area (Å²) in [6.07, 6.45) is 4.44. The molecule has 1 aromatic heterocycles. The number of hydrogen-bond donors (Lipinski definition) is 1. The lowest BCUT2D eigenvalue weighted by atomic mass is 10.2. The normalized spacial score (nSPS) is 11.5. The van der Waals surface area contributed by atoms with Crippen LogP contribution in [0, 0.1) is 0 Å². The van der Waals surface area contributed by atoms with Crippen molar-refractivity contribution in [2.24, 2.45) is 0 Å². The van der Waals surface area contributed by atoms with Crippen LogP contribution in [0.2, 0.25) is 0 Å². The maximum Gasteiger partial charge on any atom is 0.242 e. The van der Waals surface area contributed by atoms with Crippen molar-refractivity contribution >= 4 is 21.6 Å². The summed E-state index contributed by atoms with van der Waals surface area (Å²) in [7, 11) is -0.606. The number of benzene rings is 2. The number of aryl methyl sites for hydroxylation is 1. The maximum absolute atomic E-state index is 12.3. The van der Waals surface area contributed by atoms with Crippen LogP contribution in [0.3, 0.4) is 0 Å². The molecule has 0 aliphatic heterocycles. The molecule has 1 N–H and O–H groups in total. The zero-order chi connectivity index (χ0) is 20.1. The molecule has 1 amide bonds. The van der Waals surface area contributed by atoms with Crippen molar-refractivity contribution in [2.45, 2.75) is 17.7 Å². The number of hydrogen-bond acceptors (Lipinski definition) is 4. The lowest BCUT2D eigenvalue weighted by Crippen LogP contribution is -2.22. The molecule has 8 heteroatoms. The monoisotopic (exact) mass is 398 g/mol. The van der Waals surface area contributed by atoms with Crippen molar-refractivity contribution in [3.05, 3.63) is 72.6 Å². The van der Waals surface area contributed by atoms with Gasteiger partial charge in [-0.25, -0.2) is 17.4 Å². The molecule has 0 atom stereocenters. The Morgan fingerprint density at radius 2 is 1.86 bits per heavy atom. The molecule has 3 rings (SSSR count). The molecule has 3 aromatic rings. The first kappa shape index (κ1) is 19.8. The van der Waals surface area contributed by atoms with Gasteiger partial charge in [-0.3, -0.25) is 4.79 Å². The van der Waals surface area contributed by atoms with Crippen LogP contribution >= 0.6 is 0 Å². The van der Waals surface area contributed by atoms with E-state index in [0.29, 0.717) is 12.1 Å². The van der Waals surface area contributed by atoms with Gasteiger partial charge in [0.2, 0.25) is 15.9 Å². The molecule has 0 spiro atoms. The Kier molecular flexibility index (Phi) is 5.91. The van der Waals surface area contributed by atoms with Gasteiger partial charge in [-0.15, -0.1) is 0 Å². The fourth-order valence-electron chi connectivity index (χ4n) is 2.64. The molecule has 0 unspecified atom stereocenters. The Morgan fingerprint density at radius 1 is 1.11 bits per heavy atom. The second-order valence-electron chi connectivity index (χ2n) is 6.49. The Hall–Kier alpha value is -2.97. The molecule has 146 valence electrons. The van der Waals surface area contributed by atoms with E-state index in [0.717, 1.165) is 15.6 Å². The molecule has 1 heterocycles. The molecule has 2 aromatic carbocycles. The Balaban J connectivity index is 1.60. The number of amides is 1. The van der Waals surface area contributed by atoms with Crippen molar-refractivity contribution < 1.29 is 13.2 Å². The molecule has 0 bridgehead atoms. The Labute approximate surface area is 164 Å². The first-order valence-corrected chi connectivity index (χ1v) is 10.2. The van der Waals surface area contributed by atoms with Gasteiger partial charge in [0.15, 0.2) is 0 Å². The lowest BCUT2D eigenvalue weighted by molar-refractivity contribution is -0.116. The van der Waals surface area contributed by atoms with Crippen LogP contribution in [-0.4, -0.2) is 42.5 Å². The van der Waals surface area contributed by atoms with Crippen LogP contribution in [0.1, 0.15) is 12.0 Å².